The summed E-state index contributed by atoms with van der Waals surface area (Å²) in [5, 5.41) is 8.83. The number of nitrogens with zero attached hydrogens (tertiary/aromatic N) is 1. The van der Waals surface area contributed by atoms with Gasteiger partial charge in [0.05, 0.1) is 5.52 Å². The molecule has 0 aliphatic heterocycles. The lowest BCUT2D eigenvalue weighted by atomic mass is 10.1. The highest BCUT2D eigenvalue weighted by Gasteiger charge is 2.02. The molecule has 110 valence electrons. The van der Waals surface area contributed by atoms with Gasteiger partial charge < -0.3 is 4.98 Å². The van der Waals surface area contributed by atoms with Gasteiger partial charge in [-0.25, -0.2) is 0 Å². The number of carbonyl (C=O) groups excluding carboxylic acids is 1. The number of aromatic amines is 2. The Balaban J connectivity index is 0.000000133. The van der Waals surface area contributed by atoms with Gasteiger partial charge in [-0.2, -0.15) is 5.10 Å². The standard InChI is InChI=1S/C9H8N2O.C9H9N/c1-6-2-3-7-8(4-6)10-11-9(7)5-12;1-7-2-3-8-4-5-10-9(8)6-7/h2-5H,1H3,(H,10,11);2-6,10H,1H3. The van der Waals surface area contributed by atoms with Crippen LogP contribution in [0.5, 0.6) is 0 Å². The Morgan fingerprint density at radius 1 is 1.00 bits per heavy atom. The van der Waals surface area contributed by atoms with E-state index in [0.717, 1.165) is 22.8 Å². The van der Waals surface area contributed by atoms with E-state index < -0.39 is 0 Å². The molecule has 0 saturated heterocycles. The molecule has 4 aromatic rings. The predicted molar refractivity (Wildman–Crippen MR) is 89.3 cm³/mol. The van der Waals surface area contributed by atoms with Crippen molar-refractivity contribution in [3.63, 3.8) is 0 Å². The largest absolute Gasteiger partial charge is 0.361 e. The molecule has 4 heteroatoms. The molecule has 0 radical (unpaired) electrons. The minimum Gasteiger partial charge on any atom is -0.361 e. The second-order valence-electron chi connectivity index (χ2n) is 5.34. The zero-order chi connectivity index (χ0) is 15.5. The van der Waals surface area contributed by atoms with Crippen molar-refractivity contribution in [1.82, 2.24) is 15.2 Å². The predicted octanol–water partition coefficient (Wildman–Crippen LogP) is 4.16. The molecule has 0 aliphatic carbocycles. The van der Waals surface area contributed by atoms with E-state index in [2.05, 4.69) is 46.4 Å². The normalized spacial score (nSPS) is 10.5. The Bertz CT molecular complexity index is 934. The number of nitrogens with one attached hydrogen (secondary N) is 2. The summed E-state index contributed by atoms with van der Waals surface area (Å²) in [5.41, 5.74) is 5.06. The molecule has 2 N–H and O–H groups in total. The van der Waals surface area contributed by atoms with Crippen molar-refractivity contribution < 1.29 is 4.79 Å². The van der Waals surface area contributed by atoms with Crippen molar-refractivity contribution in [2.45, 2.75) is 13.8 Å². The fraction of sp³-hybridized carbons (Fsp3) is 0.111. The number of hydrogen-bond donors (Lipinski definition) is 2. The molecular formula is C18H17N3O. The van der Waals surface area contributed by atoms with Crippen LogP contribution in [0.25, 0.3) is 21.8 Å². The lowest BCUT2D eigenvalue weighted by Crippen LogP contribution is -1.78. The van der Waals surface area contributed by atoms with E-state index in [9.17, 15) is 4.79 Å². The molecule has 0 amide bonds. The lowest BCUT2D eigenvalue weighted by molar-refractivity contribution is 0.112. The van der Waals surface area contributed by atoms with E-state index in [0.29, 0.717) is 5.69 Å². The van der Waals surface area contributed by atoms with Gasteiger partial charge in [-0.15, -0.1) is 0 Å². The Morgan fingerprint density at radius 3 is 2.59 bits per heavy atom. The van der Waals surface area contributed by atoms with E-state index in [1.165, 1.54) is 16.5 Å². The SMILES string of the molecule is Cc1ccc2c(C=O)[nH]nc2c1.Cc1ccc2cc[nH]c2c1. The second kappa shape index (κ2) is 5.85. The zero-order valence-electron chi connectivity index (χ0n) is 12.6. The zero-order valence-corrected chi connectivity index (χ0v) is 12.6. The minimum absolute atomic E-state index is 0.546. The lowest BCUT2D eigenvalue weighted by Gasteiger charge is -1.90. The topological polar surface area (TPSA) is 61.5 Å². The van der Waals surface area contributed by atoms with Crippen molar-refractivity contribution in [3.8, 4) is 0 Å². The number of fused-ring (bicyclic) bond motifs is 2. The number of rotatable bonds is 1. The van der Waals surface area contributed by atoms with Gasteiger partial charge in [-0.3, -0.25) is 9.89 Å². The maximum Gasteiger partial charge on any atom is 0.168 e. The maximum absolute atomic E-state index is 10.5. The quantitative estimate of drug-likeness (QED) is 0.517. The van der Waals surface area contributed by atoms with E-state index in [-0.39, 0.29) is 0 Å². The summed E-state index contributed by atoms with van der Waals surface area (Å²) in [7, 11) is 0. The highest BCUT2D eigenvalue weighted by atomic mass is 16.1. The summed E-state index contributed by atoms with van der Waals surface area (Å²) in [6.07, 6.45) is 2.74. The van der Waals surface area contributed by atoms with Crippen molar-refractivity contribution in [3.05, 3.63) is 65.5 Å². The highest BCUT2D eigenvalue weighted by Crippen LogP contribution is 2.15. The van der Waals surface area contributed by atoms with Crippen LogP contribution in [0.4, 0.5) is 0 Å². The molecule has 0 atom stereocenters. The summed E-state index contributed by atoms with van der Waals surface area (Å²) in [4.78, 5) is 13.7. The van der Waals surface area contributed by atoms with Crippen molar-refractivity contribution in [2.24, 2.45) is 0 Å². The van der Waals surface area contributed by atoms with Gasteiger partial charge in [-0.1, -0.05) is 24.3 Å². The van der Waals surface area contributed by atoms with Gasteiger partial charge in [0.2, 0.25) is 0 Å². The average Bonchev–Trinajstić information content (AvgIpc) is 3.12. The molecule has 2 heterocycles. The molecule has 4 nitrogen and oxygen atoms in total. The summed E-state index contributed by atoms with van der Waals surface area (Å²) in [6.45, 7) is 4.09. The van der Waals surface area contributed by atoms with Crippen LogP contribution in [0.1, 0.15) is 21.6 Å². The molecule has 0 aliphatic rings. The summed E-state index contributed by atoms with van der Waals surface area (Å²) >= 11 is 0. The Morgan fingerprint density at radius 2 is 1.77 bits per heavy atom. The molecule has 0 saturated carbocycles. The van der Waals surface area contributed by atoms with Crippen molar-refractivity contribution >= 4 is 28.1 Å². The monoisotopic (exact) mass is 291 g/mol. The second-order valence-corrected chi connectivity index (χ2v) is 5.34. The van der Waals surface area contributed by atoms with Crippen molar-refractivity contribution in [2.75, 3.05) is 0 Å². The molecule has 2 aromatic heterocycles. The first-order valence-electron chi connectivity index (χ1n) is 7.11. The molecule has 0 spiro atoms. The summed E-state index contributed by atoms with van der Waals surface area (Å²) in [6, 6.07) is 14.3. The third-order valence-corrected chi connectivity index (χ3v) is 3.57. The number of H-pyrrole nitrogens is 2. The highest BCUT2D eigenvalue weighted by molar-refractivity contribution is 5.94. The molecule has 0 unspecified atom stereocenters. The van der Waals surface area contributed by atoms with E-state index >= 15 is 0 Å². The molecule has 0 fully saturated rings. The van der Waals surface area contributed by atoms with E-state index in [1.807, 2.05) is 31.3 Å². The molecule has 4 rings (SSSR count). The third-order valence-electron chi connectivity index (χ3n) is 3.57. The molecule has 22 heavy (non-hydrogen) atoms. The summed E-state index contributed by atoms with van der Waals surface area (Å²) in [5.74, 6) is 0. The number of aromatic nitrogens is 3. The maximum atomic E-state index is 10.5. The number of aldehydes is 1. The van der Waals surface area contributed by atoms with Gasteiger partial charge in [0.15, 0.2) is 6.29 Å². The fourth-order valence-corrected chi connectivity index (χ4v) is 2.39. The van der Waals surface area contributed by atoms with Gasteiger partial charge in [0.1, 0.15) is 5.69 Å². The van der Waals surface area contributed by atoms with Crippen molar-refractivity contribution in [1.29, 1.82) is 0 Å². The van der Waals surface area contributed by atoms with Crippen LogP contribution in [0, 0.1) is 13.8 Å². The van der Waals surface area contributed by atoms with Crippen LogP contribution in [0.3, 0.4) is 0 Å². The van der Waals surface area contributed by atoms with Crippen LogP contribution < -0.4 is 0 Å². The number of aryl methyl sites for hydroxylation is 2. The van der Waals surface area contributed by atoms with Crippen LogP contribution in [-0.2, 0) is 0 Å². The number of carbonyl (C=O) groups is 1. The Hall–Kier alpha value is -2.88. The molecular weight excluding hydrogens is 274 g/mol. The average molecular weight is 291 g/mol. The summed E-state index contributed by atoms with van der Waals surface area (Å²) < 4.78 is 0. The van der Waals surface area contributed by atoms with Crippen LogP contribution in [0.2, 0.25) is 0 Å². The van der Waals surface area contributed by atoms with Gasteiger partial charge >= 0.3 is 0 Å². The van der Waals surface area contributed by atoms with E-state index in [4.69, 9.17) is 0 Å². The Labute approximate surface area is 128 Å². The van der Waals surface area contributed by atoms with Crippen LogP contribution in [0.15, 0.2) is 48.7 Å². The van der Waals surface area contributed by atoms with Crippen LogP contribution in [-0.4, -0.2) is 21.5 Å². The Kier molecular flexibility index (Phi) is 3.74. The smallest absolute Gasteiger partial charge is 0.168 e. The molecule has 2 aromatic carbocycles. The first-order chi connectivity index (χ1) is 10.7. The van der Waals surface area contributed by atoms with Crippen LogP contribution >= 0.6 is 0 Å². The van der Waals surface area contributed by atoms with Gasteiger partial charge in [0.25, 0.3) is 0 Å². The number of benzene rings is 2. The first-order valence-corrected chi connectivity index (χ1v) is 7.11. The van der Waals surface area contributed by atoms with E-state index in [1.54, 1.807) is 0 Å². The molecule has 0 bridgehead atoms. The third kappa shape index (κ3) is 2.76. The first kappa shape index (κ1) is 14.1. The minimum atomic E-state index is 0.546. The number of hydrogen-bond acceptors (Lipinski definition) is 2. The van der Waals surface area contributed by atoms with Gasteiger partial charge in [-0.05, 0) is 48.6 Å². The van der Waals surface area contributed by atoms with Gasteiger partial charge in [0, 0.05) is 17.1 Å². The fourth-order valence-electron chi connectivity index (χ4n) is 2.39.